The highest BCUT2D eigenvalue weighted by molar-refractivity contribution is 5.94. The molecule has 2 aliphatic heterocycles. The summed E-state index contributed by atoms with van der Waals surface area (Å²) in [6.07, 6.45) is 1.22. The van der Waals surface area contributed by atoms with Crippen molar-refractivity contribution in [3.05, 3.63) is 35.4 Å². The zero-order valence-electron chi connectivity index (χ0n) is 11.1. The molecule has 2 heterocycles. The quantitative estimate of drug-likeness (QED) is 0.844. The second-order valence-electron chi connectivity index (χ2n) is 4.85. The molecule has 1 aromatic rings. The Hall–Kier alpha value is -1.43. The molecule has 19 heavy (non-hydrogen) atoms. The summed E-state index contributed by atoms with van der Waals surface area (Å²) in [6.45, 7) is 4.66. The molecule has 0 aromatic heterocycles. The maximum absolute atomic E-state index is 5.84. The van der Waals surface area contributed by atoms with E-state index in [1.54, 1.807) is 0 Å². The number of nitrogens with zero attached hydrogens (tertiary/aromatic N) is 1. The predicted octanol–water partition coefficient (Wildman–Crippen LogP) is 1.36. The summed E-state index contributed by atoms with van der Waals surface area (Å²) in [5.74, 6) is 0.655. The summed E-state index contributed by atoms with van der Waals surface area (Å²) in [4.78, 5) is 9.67. The Morgan fingerprint density at radius 3 is 2.79 bits per heavy atom. The van der Waals surface area contributed by atoms with Crippen molar-refractivity contribution in [1.82, 2.24) is 10.8 Å². The topological polar surface area (TPSA) is 54.9 Å². The molecule has 0 aliphatic carbocycles. The smallest absolute Gasteiger partial charge is 0.242 e. The summed E-state index contributed by atoms with van der Waals surface area (Å²) in [7, 11) is 0. The van der Waals surface area contributed by atoms with E-state index < -0.39 is 0 Å². The molecule has 5 heteroatoms. The Bertz CT molecular complexity index is 450. The van der Waals surface area contributed by atoms with E-state index in [0.717, 1.165) is 31.7 Å². The van der Waals surface area contributed by atoms with E-state index in [1.165, 1.54) is 5.56 Å². The van der Waals surface area contributed by atoms with E-state index in [2.05, 4.69) is 27.9 Å². The van der Waals surface area contributed by atoms with E-state index in [4.69, 9.17) is 9.57 Å². The second-order valence-corrected chi connectivity index (χ2v) is 4.85. The Morgan fingerprint density at radius 1 is 1.21 bits per heavy atom. The van der Waals surface area contributed by atoms with E-state index >= 15 is 0 Å². The first-order chi connectivity index (χ1) is 9.33. The maximum Gasteiger partial charge on any atom is 0.242 e. The molecule has 1 fully saturated rings. The van der Waals surface area contributed by atoms with Crippen LogP contribution < -0.4 is 10.8 Å². The molecule has 3 rings (SSSR count). The van der Waals surface area contributed by atoms with E-state index in [0.29, 0.717) is 5.90 Å². The van der Waals surface area contributed by atoms with Gasteiger partial charge >= 0.3 is 0 Å². The molecular weight excluding hydrogens is 242 g/mol. The van der Waals surface area contributed by atoms with Crippen molar-refractivity contribution in [2.75, 3.05) is 19.7 Å². The lowest BCUT2D eigenvalue weighted by Gasteiger charge is -2.15. The van der Waals surface area contributed by atoms with Gasteiger partial charge in [-0.05, 0) is 37.6 Å². The average molecular weight is 261 g/mol. The molecule has 0 amide bonds. The summed E-state index contributed by atoms with van der Waals surface area (Å²) in [6, 6.07) is 8.27. The number of aliphatic imine (C=N–C) groups is 1. The van der Waals surface area contributed by atoms with Gasteiger partial charge in [-0.15, -0.1) is 5.48 Å². The Labute approximate surface area is 113 Å². The van der Waals surface area contributed by atoms with Crippen LogP contribution in [0.3, 0.4) is 0 Å². The minimum absolute atomic E-state index is 0.0194. The maximum atomic E-state index is 5.84. The summed E-state index contributed by atoms with van der Waals surface area (Å²) in [5.41, 5.74) is 5.03. The summed E-state index contributed by atoms with van der Waals surface area (Å²) >= 11 is 0. The van der Waals surface area contributed by atoms with Gasteiger partial charge in [0.05, 0.1) is 12.7 Å². The highest BCUT2D eigenvalue weighted by Gasteiger charge is 2.18. The molecule has 0 radical (unpaired) electrons. The second kappa shape index (κ2) is 5.69. The molecule has 2 unspecified atom stereocenters. The number of rotatable bonds is 2. The van der Waals surface area contributed by atoms with Crippen molar-refractivity contribution in [3.63, 3.8) is 0 Å². The molecular formula is C14H19N3O2. The first-order valence-electron chi connectivity index (χ1n) is 6.76. The highest BCUT2D eigenvalue weighted by Crippen LogP contribution is 2.23. The molecule has 2 atom stereocenters. The van der Waals surface area contributed by atoms with Crippen LogP contribution >= 0.6 is 0 Å². The minimum atomic E-state index is 0.0194. The monoisotopic (exact) mass is 261 g/mol. The van der Waals surface area contributed by atoms with Gasteiger partial charge in [0.25, 0.3) is 0 Å². The van der Waals surface area contributed by atoms with Crippen LogP contribution in [-0.2, 0) is 9.57 Å². The van der Waals surface area contributed by atoms with Gasteiger partial charge in [-0.25, -0.2) is 4.99 Å². The van der Waals surface area contributed by atoms with Gasteiger partial charge in [-0.1, -0.05) is 12.1 Å². The van der Waals surface area contributed by atoms with Crippen LogP contribution in [0, 0.1) is 0 Å². The fraction of sp³-hybridized carbons (Fsp3) is 0.500. The normalized spacial score (nSPS) is 27.5. The number of ether oxygens (including phenoxy) is 1. The molecule has 2 aliphatic rings. The van der Waals surface area contributed by atoms with Crippen molar-refractivity contribution in [1.29, 1.82) is 0 Å². The molecule has 5 nitrogen and oxygen atoms in total. The van der Waals surface area contributed by atoms with Gasteiger partial charge in [0.2, 0.25) is 5.90 Å². The first kappa shape index (κ1) is 12.6. The Kier molecular flexibility index (Phi) is 3.77. The molecule has 0 bridgehead atoms. The Morgan fingerprint density at radius 2 is 2.05 bits per heavy atom. The van der Waals surface area contributed by atoms with Crippen molar-refractivity contribution < 1.29 is 9.57 Å². The van der Waals surface area contributed by atoms with Crippen LogP contribution in [0.25, 0.3) is 0 Å². The van der Waals surface area contributed by atoms with Gasteiger partial charge < -0.3 is 14.9 Å². The highest BCUT2D eigenvalue weighted by atomic mass is 16.7. The SMILES string of the molecule is CC1N=C(c2ccc(C3CCNCCO3)cc2)ON1. The largest absolute Gasteiger partial charge is 0.386 e. The summed E-state index contributed by atoms with van der Waals surface area (Å²) < 4.78 is 5.84. The molecule has 0 saturated carbocycles. The Balaban J connectivity index is 1.73. The van der Waals surface area contributed by atoms with Gasteiger partial charge in [0.1, 0.15) is 6.17 Å². The lowest BCUT2D eigenvalue weighted by molar-refractivity contribution is 0.0644. The van der Waals surface area contributed by atoms with Gasteiger partial charge in [0.15, 0.2) is 0 Å². The van der Waals surface area contributed by atoms with E-state index in [9.17, 15) is 0 Å². The number of hydroxylamine groups is 1. The average Bonchev–Trinajstić information content (AvgIpc) is 2.72. The van der Waals surface area contributed by atoms with E-state index in [-0.39, 0.29) is 12.3 Å². The zero-order chi connectivity index (χ0) is 13.1. The fourth-order valence-electron chi connectivity index (χ4n) is 2.32. The standard InChI is InChI=1S/C14H19N3O2/c1-10-16-14(19-17-10)12-4-2-11(3-5-12)13-6-7-15-8-9-18-13/h2-5,10,13,15,17H,6-9H2,1H3. The zero-order valence-corrected chi connectivity index (χ0v) is 11.1. The van der Waals surface area contributed by atoms with Crippen molar-refractivity contribution in [2.24, 2.45) is 4.99 Å². The molecule has 102 valence electrons. The summed E-state index contributed by atoms with van der Waals surface area (Å²) in [5, 5.41) is 3.34. The third-order valence-corrected chi connectivity index (χ3v) is 3.35. The van der Waals surface area contributed by atoms with Gasteiger partial charge in [-0.3, -0.25) is 0 Å². The van der Waals surface area contributed by atoms with Crippen LogP contribution in [0.2, 0.25) is 0 Å². The molecule has 1 aromatic carbocycles. The molecule has 2 N–H and O–H groups in total. The lowest BCUT2D eigenvalue weighted by Crippen LogP contribution is -2.17. The van der Waals surface area contributed by atoms with Gasteiger partial charge in [0, 0.05) is 12.1 Å². The molecule has 0 spiro atoms. The fourth-order valence-corrected chi connectivity index (χ4v) is 2.32. The number of hydrogen-bond acceptors (Lipinski definition) is 5. The van der Waals surface area contributed by atoms with Crippen LogP contribution in [-0.4, -0.2) is 31.8 Å². The number of benzene rings is 1. The molecule has 1 saturated heterocycles. The van der Waals surface area contributed by atoms with Crippen LogP contribution in [0.15, 0.2) is 29.3 Å². The number of hydrogen-bond donors (Lipinski definition) is 2. The third kappa shape index (κ3) is 2.94. The van der Waals surface area contributed by atoms with Crippen molar-refractivity contribution in [2.45, 2.75) is 25.6 Å². The lowest BCUT2D eigenvalue weighted by atomic mass is 10.0. The van der Waals surface area contributed by atoms with Crippen LogP contribution in [0.5, 0.6) is 0 Å². The van der Waals surface area contributed by atoms with Crippen molar-refractivity contribution >= 4 is 5.90 Å². The van der Waals surface area contributed by atoms with Crippen LogP contribution in [0.4, 0.5) is 0 Å². The van der Waals surface area contributed by atoms with E-state index in [1.807, 2.05) is 19.1 Å². The van der Waals surface area contributed by atoms with Crippen LogP contribution in [0.1, 0.15) is 30.6 Å². The third-order valence-electron chi connectivity index (χ3n) is 3.35. The predicted molar refractivity (Wildman–Crippen MR) is 72.8 cm³/mol. The minimum Gasteiger partial charge on any atom is -0.386 e. The first-order valence-corrected chi connectivity index (χ1v) is 6.76. The number of nitrogens with one attached hydrogen (secondary N) is 2. The van der Waals surface area contributed by atoms with Gasteiger partial charge in [-0.2, -0.15) is 0 Å². The van der Waals surface area contributed by atoms with Crippen molar-refractivity contribution in [3.8, 4) is 0 Å².